The molecule has 0 radical (unpaired) electrons. The van der Waals surface area contributed by atoms with E-state index in [1.54, 1.807) is 14.2 Å². The first-order valence-corrected chi connectivity index (χ1v) is 5.39. The maximum absolute atomic E-state index is 5.19. The first kappa shape index (κ1) is 12.3. The predicted molar refractivity (Wildman–Crippen MR) is 54.6 cm³/mol. The van der Waals surface area contributed by atoms with Crippen molar-refractivity contribution in [3.8, 4) is 0 Å². The minimum atomic E-state index is -0.0703. The fourth-order valence-corrected chi connectivity index (χ4v) is 2.12. The molecule has 12 heavy (non-hydrogen) atoms. The molecule has 2 atom stereocenters. The van der Waals surface area contributed by atoms with E-state index in [9.17, 15) is 0 Å². The second kappa shape index (κ2) is 6.75. The molecule has 0 aromatic carbocycles. The summed E-state index contributed by atoms with van der Waals surface area (Å²) in [5.41, 5.74) is 0. The van der Waals surface area contributed by atoms with Gasteiger partial charge in [-0.1, -0.05) is 20.8 Å². The molecule has 0 amide bonds. The normalized spacial score (nSPS) is 16.5. The van der Waals surface area contributed by atoms with Gasteiger partial charge in [-0.3, -0.25) is 0 Å². The van der Waals surface area contributed by atoms with Gasteiger partial charge in [0.05, 0.1) is 0 Å². The van der Waals surface area contributed by atoms with Crippen LogP contribution in [0.5, 0.6) is 0 Å². The molecule has 0 spiro atoms. The van der Waals surface area contributed by atoms with Gasteiger partial charge in [0.2, 0.25) is 0 Å². The molecule has 0 heterocycles. The van der Waals surface area contributed by atoms with Gasteiger partial charge in [0.15, 0.2) is 6.29 Å². The van der Waals surface area contributed by atoms with Crippen LogP contribution in [0.1, 0.15) is 20.8 Å². The fourth-order valence-electron chi connectivity index (χ4n) is 1.16. The predicted octanol–water partition coefficient (Wildman–Crippen LogP) is 2.38. The zero-order valence-corrected chi connectivity index (χ0v) is 9.48. The molecule has 0 aromatic rings. The van der Waals surface area contributed by atoms with Crippen LogP contribution in [0.25, 0.3) is 0 Å². The molecule has 2 nitrogen and oxygen atoms in total. The Morgan fingerprint density at radius 1 is 1.17 bits per heavy atom. The van der Waals surface area contributed by atoms with Gasteiger partial charge >= 0.3 is 0 Å². The minimum Gasteiger partial charge on any atom is -0.356 e. The van der Waals surface area contributed by atoms with E-state index >= 15 is 0 Å². The molecule has 0 aliphatic carbocycles. The van der Waals surface area contributed by atoms with Crippen molar-refractivity contribution in [1.82, 2.24) is 0 Å². The van der Waals surface area contributed by atoms with Crippen molar-refractivity contribution < 1.29 is 9.47 Å². The highest BCUT2D eigenvalue weighted by Gasteiger charge is 2.21. The van der Waals surface area contributed by atoms with Gasteiger partial charge in [-0.15, -0.1) is 0 Å². The Kier molecular flexibility index (Phi) is 6.90. The largest absolute Gasteiger partial charge is 0.356 e. The quantitative estimate of drug-likeness (QED) is 0.602. The molecular weight excluding hydrogens is 172 g/mol. The Morgan fingerprint density at radius 2 is 1.67 bits per heavy atom. The third kappa shape index (κ3) is 3.78. The van der Waals surface area contributed by atoms with Crippen molar-refractivity contribution in [1.29, 1.82) is 0 Å². The zero-order chi connectivity index (χ0) is 9.56. The summed E-state index contributed by atoms with van der Waals surface area (Å²) in [5, 5.41) is 0.583. The van der Waals surface area contributed by atoms with E-state index in [2.05, 4.69) is 20.8 Å². The van der Waals surface area contributed by atoms with Gasteiger partial charge in [-0.25, -0.2) is 0 Å². The van der Waals surface area contributed by atoms with Gasteiger partial charge in [0.25, 0.3) is 0 Å². The molecule has 0 unspecified atom stereocenters. The summed E-state index contributed by atoms with van der Waals surface area (Å²) >= 11 is 1.94. The smallest absolute Gasteiger partial charge is 0.160 e. The van der Waals surface area contributed by atoms with E-state index in [-0.39, 0.29) is 6.29 Å². The summed E-state index contributed by atoms with van der Waals surface area (Å²) < 4.78 is 10.4. The van der Waals surface area contributed by atoms with Crippen LogP contribution in [0.3, 0.4) is 0 Å². The van der Waals surface area contributed by atoms with E-state index in [0.717, 1.165) is 5.75 Å². The molecule has 0 saturated heterocycles. The topological polar surface area (TPSA) is 18.5 Å². The summed E-state index contributed by atoms with van der Waals surface area (Å²) in [6.45, 7) is 6.54. The second-order valence-corrected chi connectivity index (χ2v) is 4.51. The van der Waals surface area contributed by atoms with Gasteiger partial charge in [0.1, 0.15) is 0 Å². The van der Waals surface area contributed by atoms with E-state index in [1.807, 2.05) is 11.8 Å². The fraction of sp³-hybridized carbons (Fsp3) is 1.00. The molecule has 0 bridgehead atoms. The monoisotopic (exact) mass is 192 g/mol. The second-order valence-electron chi connectivity index (χ2n) is 2.86. The number of ether oxygens (including phenoxy) is 2. The van der Waals surface area contributed by atoms with Gasteiger partial charge in [-0.2, -0.15) is 11.8 Å². The standard InChI is InChI=1S/C9H20O2S/c1-6-12-8(3)7(2)9(10-4)11-5/h7-9H,6H2,1-5H3/t7-,8+/m1/s1. The Hall–Kier alpha value is 0.270. The molecular formula is C9H20O2S. The molecule has 0 N–H and O–H groups in total. The first-order valence-electron chi connectivity index (χ1n) is 4.34. The Bertz CT molecular complexity index is 105. The van der Waals surface area contributed by atoms with Crippen LogP contribution in [0.2, 0.25) is 0 Å². The average molecular weight is 192 g/mol. The first-order chi connectivity index (χ1) is 5.67. The van der Waals surface area contributed by atoms with Gasteiger partial charge in [0, 0.05) is 25.4 Å². The summed E-state index contributed by atoms with van der Waals surface area (Å²) in [6.07, 6.45) is -0.0703. The Morgan fingerprint density at radius 3 is 2.00 bits per heavy atom. The molecule has 0 aliphatic rings. The average Bonchev–Trinajstić information content (AvgIpc) is 2.07. The number of methoxy groups -OCH3 is 2. The van der Waals surface area contributed by atoms with Crippen LogP contribution in [-0.2, 0) is 9.47 Å². The lowest BCUT2D eigenvalue weighted by atomic mass is 10.1. The van der Waals surface area contributed by atoms with Crippen molar-refractivity contribution in [2.75, 3.05) is 20.0 Å². The number of hydrogen-bond acceptors (Lipinski definition) is 3. The van der Waals surface area contributed by atoms with Crippen molar-refractivity contribution >= 4 is 11.8 Å². The maximum Gasteiger partial charge on any atom is 0.160 e. The minimum absolute atomic E-state index is 0.0703. The van der Waals surface area contributed by atoms with E-state index in [4.69, 9.17) is 9.47 Å². The Labute approximate surface area is 80.0 Å². The van der Waals surface area contributed by atoms with Crippen molar-refractivity contribution in [2.24, 2.45) is 5.92 Å². The third-order valence-electron chi connectivity index (χ3n) is 2.06. The van der Waals surface area contributed by atoms with E-state index in [0.29, 0.717) is 11.2 Å². The summed E-state index contributed by atoms with van der Waals surface area (Å²) in [7, 11) is 3.38. The summed E-state index contributed by atoms with van der Waals surface area (Å²) in [6, 6.07) is 0. The van der Waals surface area contributed by atoms with Crippen LogP contribution in [0.4, 0.5) is 0 Å². The lowest BCUT2D eigenvalue weighted by Crippen LogP contribution is -2.29. The van der Waals surface area contributed by atoms with Crippen LogP contribution in [-0.4, -0.2) is 31.5 Å². The zero-order valence-electron chi connectivity index (χ0n) is 8.66. The molecule has 0 saturated carbocycles. The number of hydrogen-bond donors (Lipinski definition) is 0. The highest BCUT2D eigenvalue weighted by molar-refractivity contribution is 7.99. The maximum atomic E-state index is 5.19. The van der Waals surface area contributed by atoms with E-state index < -0.39 is 0 Å². The highest BCUT2D eigenvalue weighted by Crippen LogP contribution is 2.23. The number of thioether (sulfide) groups is 1. The lowest BCUT2D eigenvalue weighted by Gasteiger charge is -2.25. The third-order valence-corrected chi connectivity index (χ3v) is 3.35. The molecule has 0 aliphatic heterocycles. The highest BCUT2D eigenvalue weighted by atomic mass is 32.2. The van der Waals surface area contributed by atoms with Gasteiger partial charge in [-0.05, 0) is 5.75 Å². The van der Waals surface area contributed by atoms with Crippen LogP contribution >= 0.6 is 11.8 Å². The molecule has 0 rings (SSSR count). The lowest BCUT2D eigenvalue weighted by molar-refractivity contribution is -0.132. The number of rotatable bonds is 6. The molecule has 0 fully saturated rings. The molecule has 3 heteroatoms. The van der Waals surface area contributed by atoms with Crippen molar-refractivity contribution in [3.05, 3.63) is 0 Å². The van der Waals surface area contributed by atoms with E-state index in [1.165, 1.54) is 0 Å². The van der Waals surface area contributed by atoms with Crippen molar-refractivity contribution in [2.45, 2.75) is 32.3 Å². The molecule has 74 valence electrons. The SMILES string of the molecule is CCS[C@@H](C)[C@@H](C)C(OC)OC. The van der Waals surface area contributed by atoms with Crippen molar-refractivity contribution in [3.63, 3.8) is 0 Å². The van der Waals surface area contributed by atoms with Gasteiger partial charge < -0.3 is 9.47 Å². The van der Waals surface area contributed by atoms with Crippen LogP contribution in [0, 0.1) is 5.92 Å². The summed E-state index contributed by atoms with van der Waals surface area (Å²) in [4.78, 5) is 0. The summed E-state index contributed by atoms with van der Waals surface area (Å²) in [5.74, 6) is 1.58. The van der Waals surface area contributed by atoms with Crippen LogP contribution in [0.15, 0.2) is 0 Å². The molecule has 0 aromatic heterocycles. The van der Waals surface area contributed by atoms with Crippen LogP contribution < -0.4 is 0 Å². The Balaban J connectivity index is 3.87.